The molecular formula is C19H23N3O6. The molecule has 9 heteroatoms. The van der Waals surface area contributed by atoms with Crippen LogP contribution < -0.4 is 20.1 Å². The SMILES string of the molecule is CC(=O)Nc1ccc(OCCNCC(O)COc2cccc([N+](=O)[O-])c2)cc1. The summed E-state index contributed by atoms with van der Waals surface area (Å²) in [6, 6.07) is 12.8. The topological polar surface area (TPSA) is 123 Å². The van der Waals surface area contributed by atoms with Crippen LogP contribution in [0.4, 0.5) is 11.4 Å². The van der Waals surface area contributed by atoms with Gasteiger partial charge in [0.15, 0.2) is 0 Å². The molecule has 0 bridgehead atoms. The number of nitrogens with zero attached hydrogens (tertiary/aromatic N) is 1. The first kappa shape index (κ1) is 21.1. The fourth-order valence-electron chi connectivity index (χ4n) is 2.29. The molecule has 9 nitrogen and oxygen atoms in total. The van der Waals surface area contributed by atoms with Gasteiger partial charge in [0.05, 0.1) is 11.0 Å². The van der Waals surface area contributed by atoms with Crippen molar-refractivity contribution in [1.82, 2.24) is 5.32 Å². The maximum Gasteiger partial charge on any atom is 0.273 e. The minimum absolute atomic E-state index is 0.0135. The molecule has 0 saturated heterocycles. The number of aliphatic hydroxyl groups is 1. The first-order valence-corrected chi connectivity index (χ1v) is 8.70. The van der Waals surface area contributed by atoms with E-state index in [9.17, 15) is 20.0 Å². The normalized spacial score (nSPS) is 11.5. The molecule has 2 aromatic carbocycles. The summed E-state index contributed by atoms with van der Waals surface area (Å²) < 4.78 is 10.9. The molecule has 0 aliphatic rings. The quantitative estimate of drug-likeness (QED) is 0.305. The Hall–Kier alpha value is -3.17. The number of ether oxygens (including phenoxy) is 2. The van der Waals surface area contributed by atoms with Gasteiger partial charge in [0, 0.05) is 31.8 Å². The number of amides is 1. The van der Waals surface area contributed by atoms with Crippen molar-refractivity contribution >= 4 is 17.3 Å². The predicted molar refractivity (Wildman–Crippen MR) is 104 cm³/mol. The molecule has 0 spiro atoms. The van der Waals surface area contributed by atoms with Crippen LogP contribution in [0, 0.1) is 10.1 Å². The highest BCUT2D eigenvalue weighted by atomic mass is 16.6. The van der Waals surface area contributed by atoms with Gasteiger partial charge in [0.1, 0.15) is 30.8 Å². The Kier molecular flexibility index (Phi) is 8.19. The van der Waals surface area contributed by atoms with E-state index in [2.05, 4.69) is 10.6 Å². The van der Waals surface area contributed by atoms with Crippen molar-refractivity contribution in [3.63, 3.8) is 0 Å². The van der Waals surface area contributed by atoms with E-state index in [1.54, 1.807) is 30.3 Å². The van der Waals surface area contributed by atoms with E-state index >= 15 is 0 Å². The summed E-state index contributed by atoms with van der Waals surface area (Å²) >= 11 is 0. The summed E-state index contributed by atoms with van der Waals surface area (Å²) in [5, 5.41) is 26.3. The lowest BCUT2D eigenvalue weighted by atomic mass is 10.3. The van der Waals surface area contributed by atoms with Gasteiger partial charge in [-0.2, -0.15) is 0 Å². The number of nitro benzene ring substituents is 1. The Morgan fingerprint density at radius 3 is 2.61 bits per heavy atom. The second-order valence-electron chi connectivity index (χ2n) is 5.98. The molecule has 150 valence electrons. The van der Waals surface area contributed by atoms with Crippen molar-refractivity contribution in [3.8, 4) is 11.5 Å². The first-order valence-electron chi connectivity index (χ1n) is 8.70. The number of carbonyl (C=O) groups is 1. The Balaban J connectivity index is 1.61. The monoisotopic (exact) mass is 389 g/mol. The van der Waals surface area contributed by atoms with Crippen LogP contribution in [0.15, 0.2) is 48.5 Å². The van der Waals surface area contributed by atoms with Crippen molar-refractivity contribution in [3.05, 3.63) is 58.6 Å². The van der Waals surface area contributed by atoms with Crippen LogP contribution in [0.1, 0.15) is 6.92 Å². The summed E-state index contributed by atoms with van der Waals surface area (Å²) in [7, 11) is 0. The fourth-order valence-corrected chi connectivity index (χ4v) is 2.29. The van der Waals surface area contributed by atoms with Crippen molar-refractivity contribution in [2.75, 3.05) is 31.6 Å². The average Bonchev–Trinajstić information content (AvgIpc) is 2.67. The third-order valence-corrected chi connectivity index (χ3v) is 3.57. The van der Waals surface area contributed by atoms with Gasteiger partial charge in [-0.15, -0.1) is 0 Å². The van der Waals surface area contributed by atoms with Gasteiger partial charge in [-0.05, 0) is 30.3 Å². The number of hydrogen-bond acceptors (Lipinski definition) is 7. The van der Waals surface area contributed by atoms with Gasteiger partial charge in [-0.1, -0.05) is 6.07 Å². The maximum atomic E-state index is 11.0. The van der Waals surface area contributed by atoms with E-state index in [4.69, 9.17) is 9.47 Å². The Morgan fingerprint density at radius 1 is 1.18 bits per heavy atom. The number of aliphatic hydroxyl groups excluding tert-OH is 1. The van der Waals surface area contributed by atoms with Crippen molar-refractivity contribution in [2.45, 2.75) is 13.0 Å². The molecule has 0 aliphatic heterocycles. The number of non-ortho nitro benzene ring substituents is 1. The number of anilines is 1. The van der Waals surface area contributed by atoms with Crippen molar-refractivity contribution in [1.29, 1.82) is 0 Å². The molecule has 1 amide bonds. The lowest BCUT2D eigenvalue weighted by Gasteiger charge is -2.13. The first-order chi connectivity index (χ1) is 13.4. The number of benzene rings is 2. The molecule has 0 aromatic heterocycles. The average molecular weight is 389 g/mol. The second-order valence-corrected chi connectivity index (χ2v) is 5.98. The lowest BCUT2D eigenvalue weighted by Crippen LogP contribution is -2.33. The zero-order chi connectivity index (χ0) is 20.4. The van der Waals surface area contributed by atoms with Crippen molar-refractivity contribution in [2.24, 2.45) is 0 Å². The van der Waals surface area contributed by atoms with Crippen LogP contribution in [0.2, 0.25) is 0 Å². The van der Waals surface area contributed by atoms with E-state index in [0.29, 0.717) is 36.9 Å². The summed E-state index contributed by atoms with van der Waals surface area (Å²) in [4.78, 5) is 21.2. The number of carbonyl (C=O) groups excluding carboxylic acids is 1. The molecule has 1 unspecified atom stereocenters. The van der Waals surface area contributed by atoms with Crippen LogP contribution in [-0.2, 0) is 4.79 Å². The largest absolute Gasteiger partial charge is 0.492 e. The van der Waals surface area contributed by atoms with Crippen molar-refractivity contribution < 1.29 is 24.3 Å². The molecule has 0 heterocycles. The number of hydrogen-bond donors (Lipinski definition) is 3. The molecule has 0 aliphatic carbocycles. The Labute approximate surface area is 162 Å². The Morgan fingerprint density at radius 2 is 1.93 bits per heavy atom. The fraction of sp³-hybridized carbons (Fsp3) is 0.316. The molecule has 1 atom stereocenters. The number of nitro groups is 1. The van der Waals surface area contributed by atoms with E-state index in [-0.39, 0.29) is 18.2 Å². The van der Waals surface area contributed by atoms with E-state index in [0.717, 1.165) is 0 Å². The van der Waals surface area contributed by atoms with Gasteiger partial charge in [-0.25, -0.2) is 0 Å². The lowest BCUT2D eigenvalue weighted by molar-refractivity contribution is -0.384. The molecule has 2 rings (SSSR count). The van der Waals surface area contributed by atoms with Crippen LogP contribution in [0.5, 0.6) is 11.5 Å². The number of rotatable bonds is 11. The van der Waals surface area contributed by atoms with Crippen LogP contribution in [0.25, 0.3) is 0 Å². The summed E-state index contributed by atoms with van der Waals surface area (Å²) in [5.41, 5.74) is 0.636. The molecule has 28 heavy (non-hydrogen) atoms. The highest BCUT2D eigenvalue weighted by molar-refractivity contribution is 5.88. The zero-order valence-electron chi connectivity index (χ0n) is 15.5. The summed E-state index contributed by atoms with van der Waals surface area (Å²) in [6.07, 6.45) is -0.767. The molecular weight excluding hydrogens is 366 g/mol. The van der Waals surface area contributed by atoms with Gasteiger partial charge in [0.2, 0.25) is 5.91 Å². The minimum Gasteiger partial charge on any atom is -0.492 e. The van der Waals surface area contributed by atoms with Gasteiger partial charge < -0.3 is 25.2 Å². The van der Waals surface area contributed by atoms with Gasteiger partial charge >= 0.3 is 0 Å². The minimum atomic E-state index is -0.767. The van der Waals surface area contributed by atoms with E-state index < -0.39 is 11.0 Å². The van der Waals surface area contributed by atoms with Crippen LogP contribution in [-0.4, -0.2) is 48.3 Å². The molecule has 0 radical (unpaired) electrons. The maximum absolute atomic E-state index is 11.0. The standard InChI is InChI=1S/C19H23N3O6/c1-14(23)21-15-5-7-18(8-6-15)27-10-9-20-12-17(24)13-28-19-4-2-3-16(11-19)22(25)26/h2-8,11,17,20,24H,9-10,12-13H2,1H3,(H,21,23). The van der Waals surface area contributed by atoms with E-state index in [1.165, 1.54) is 25.1 Å². The molecule has 0 fully saturated rings. The van der Waals surface area contributed by atoms with Crippen LogP contribution in [0.3, 0.4) is 0 Å². The summed E-state index contributed by atoms with van der Waals surface area (Å²) in [5.74, 6) is 0.871. The zero-order valence-corrected chi connectivity index (χ0v) is 15.5. The molecule has 3 N–H and O–H groups in total. The smallest absolute Gasteiger partial charge is 0.273 e. The summed E-state index contributed by atoms with van der Waals surface area (Å²) in [6.45, 7) is 2.66. The molecule has 0 saturated carbocycles. The third-order valence-electron chi connectivity index (χ3n) is 3.57. The van der Waals surface area contributed by atoms with Gasteiger partial charge in [0.25, 0.3) is 5.69 Å². The predicted octanol–water partition coefficient (Wildman–Crippen LogP) is 1.96. The third kappa shape index (κ3) is 7.60. The Bertz CT molecular complexity index is 781. The van der Waals surface area contributed by atoms with E-state index in [1.807, 2.05) is 0 Å². The molecule has 2 aromatic rings. The number of nitrogens with one attached hydrogen (secondary N) is 2. The highest BCUT2D eigenvalue weighted by Crippen LogP contribution is 2.19. The van der Waals surface area contributed by atoms with Crippen LogP contribution >= 0.6 is 0 Å². The highest BCUT2D eigenvalue weighted by Gasteiger charge is 2.09. The second kappa shape index (κ2) is 10.9. The van der Waals surface area contributed by atoms with Gasteiger partial charge in [-0.3, -0.25) is 14.9 Å².